The van der Waals surface area contributed by atoms with Crippen LogP contribution in [0.4, 0.5) is 0 Å². The van der Waals surface area contributed by atoms with Crippen molar-refractivity contribution in [2.24, 2.45) is 0 Å². The Labute approximate surface area is 318 Å². The quantitative estimate of drug-likeness (QED) is 0.177. The number of hydrogen-bond acceptors (Lipinski definition) is 1. The maximum absolute atomic E-state index is 2.54. The van der Waals surface area contributed by atoms with E-state index in [1.165, 1.54) is 109 Å². The van der Waals surface area contributed by atoms with E-state index in [-0.39, 0.29) is 5.92 Å². The smallest absolute Gasteiger partial charge is 0.0541 e. The van der Waals surface area contributed by atoms with E-state index in [9.17, 15) is 0 Å². The lowest BCUT2D eigenvalue weighted by molar-refractivity contribution is 0.802. The first-order chi connectivity index (χ1) is 26.8. The molecular weight excluding hydrogens is 671 g/mol. The fourth-order valence-electron chi connectivity index (χ4n) is 9.61. The van der Waals surface area contributed by atoms with E-state index in [0.29, 0.717) is 0 Å². The molecule has 1 aliphatic carbocycles. The first-order valence-corrected chi connectivity index (χ1v) is 19.7. The van der Waals surface area contributed by atoms with Gasteiger partial charge in [0.1, 0.15) is 0 Å². The molecule has 0 saturated carbocycles. The molecule has 54 heavy (non-hydrogen) atoms. The fraction of sp³-hybridized carbons (Fsp3) is 0.0385. The molecule has 2 heteroatoms. The van der Waals surface area contributed by atoms with E-state index in [4.69, 9.17) is 0 Å². The second-order valence-electron chi connectivity index (χ2n) is 14.8. The zero-order valence-corrected chi connectivity index (χ0v) is 30.3. The molecule has 10 aromatic rings. The molecule has 1 aromatic heterocycles. The lowest BCUT2D eigenvalue weighted by Crippen LogP contribution is -2.14. The van der Waals surface area contributed by atoms with Crippen molar-refractivity contribution in [3.05, 3.63) is 199 Å². The van der Waals surface area contributed by atoms with Gasteiger partial charge in [0.05, 0.1) is 11.0 Å². The molecule has 0 bridgehead atoms. The van der Waals surface area contributed by atoms with Gasteiger partial charge < -0.3 is 4.57 Å². The van der Waals surface area contributed by atoms with E-state index < -0.39 is 0 Å². The van der Waals surface area contributed by atoms with Gasteiger partial charge in [-0.1, -0.05) is 145 Å². The van der Waals surface area contributed by atoms with Crippen LogP contribution in [0, 0.1) is 0 Å². The molecule has 0 amide bonds. The Morgan fingerprint density at radius 1 is 0.444 bits per heavy atom. The molecule has 0 radical (unpaired) electrons. The number of fused-ring (bicyclic) bond motifs is 10. The Kier molecular flexibility index (Phi) is 6.46. The third-order valence-corrected chi connectivity index (χ3v) is 13.1. The first-order valence-electron chi connectivity index (χ1n) is 18.9. The van der Waals surface area contributed by atoms with Crippen molar-refractivity contribution < 1.29 is 0 Å². The lowest BCUT2D eigenvalue weighted by Gasteiger charge is -2.32. The summed E-state index contributed by atoms with van der Waals surface area (Å²) in [6, 6.07) is 67.9. The topological polar surface area (TPSA) is 4.93 Å². The predicted molar refractivity (Wildman–Crippen MR) is 228 cm³/mol. The van der Waals surface area contributed by atoms with Crippen molar-refractivity contribution in [1.29, 1.82) is 0 Å². The summed E-state index contributed by atoms with van der Waals surface area (Å²) in [6.45, 7) is 0. The Morgan fingerprint density at radius 2 is 1.15 bits per heavy atom. The van der Waals surface area contributed by atoms with Crippen molar-refractivity contribution >= 4 is 55.1 Å². The Balaban J connectivity index is 1.01. The van der Waals surface area contributed by atoms with Gasteiger partial charge in [0.2, 0.25) is 0 Å². The van der Waals surface area contributed by atoms with E-state index in [2.05, 4.69) is 187 Å². The van der Waals surface area contributed by atoms with Crippen LogP contribution in [0.5, 0.6) is 0 Å². The summed E-state index contributed by atoms with van der Waals surface area (Å²) in [5.74, 6) is 0.287. The van der Waals surface area contributed by atoms with Crippen LogP contribution in [-0.4, -0.2) is 4.57 Å². The fourth-order valence-corrected chi connectivity index (χ4v) is 10.8. The zero-order chi connectivity index (χ0) is 35.3. The van der Waals surface area contributed by atoms with Gasteiger partial charge in [-0.25, -0.2) is 0 Å². The molecule has 2 heterocycles. The van der Waals surface area contributed by atoms with Gasteiger partial charge in [-0.2, -0.15) is 0 Å². The molecule has 9 aromatic carbocycles. The highest BCUT2D eigenvalue weighted by Gasteiger charge is 2.31. The van der Waals surface area contributed by atoms with E-state index in [0.717, 1.165) is 6.42 Å². The monoisotopic (exact) mass is 703 g/mol. The molecule has 0 fully saturated rings. The maximum Gasteiger partial charge on any atom is 0.0541 e. The van der Waals surface area contributed by atoms with E-state index >= 15 is 0 Å². The van der Waals surface area contributed by atoms with Gasteiger partial charge >= 0.3 is 0 Å². The third-order valence-electron chi connectivity index (χ3n) is 11.9. The molecule has 0 spiro atoms. The average molecular weight is 704 g/mol. The third kappa shape index (κ3) is 4.35. The highest BCUT2D eigenvalue weighted by Crippen LogP contribution is 2.54. The summed E-state index contributed by atoms with van der Waals surface area (Å²) in [7, 11) is 0. The second-order valence-corrected chi connectivity index (χ2v) is 15.9. The number of aromatic nitrogens is 1. The van der Waals surface area contributed by atoms with Crippen LogP contribution in [0.25, 0.3) is 82.4 Å². The summed E-state index contributed by atoms with van der Waals surface area (Å²) >= 11 is 1.92. The van der Waals surface area contributed by atoms with Gasteiger partial charge in [0, 0.05) is 37.6 Å². The maximum atomic E-state index is 2.54. The van der Waals surface area contributed by atoms with Crippen LogP contribution in [0.3, 0.4) is 0 Å². The highest BCUT2D eigenvalue weighted by atomic mass is 32.2. The number of nitrogens with zero attached hydrogens (tertiary/aromatic N) is 1. The van der Waals surface area contributed by atoms with Gasteiger partial charge in [-0.3, -0.25) is 0 Å². The Bertz CT molecular complexity index is 3160. The van der Waals surface area contributed by atoms with Crippen molar-refractivity contribution in [1.82, 2.24) is 4.57 Å². The highest BCUT2D eigenvalue weighted by molar-refractivity contribution is 7.99. The van der Waals surface area contributed by atoms with Crippen LogP contribution >= 0.6 is 11.8 Å². The molecule has 1 atom stereocenters. The van der Waals surface area contributed by atoms with Gasteiger partial charge in [0.25, 0.3) is 0 Å². The number of para-hydroxylation sites is 2. The van der Waals surface area contributed by atoms with Gasteiger partial charge in [-0.15, -0.1) is 0 Å². The van der Waals surface area contributed by atoms with Crippen LogP contribution in [0.2, 0.25) is 0 Å². The van der Waals surface area contributed by atoms with Crippen LogP contribution < -0.4 is 0 Å². The van der Waals surface area contributed by atoms with Crippen molar-refractivity contribution in [3.8, 4) is 39.1 Å². The summed E-state index contributed by atoms with van der Waals surface area (Å²) in [6.07, 6.45) is 0.977. The average Bonchev–Trinajstić information content (AvgIpc) is 3.57. The van der Waals surface area contributed by atoms with Gasteiger partial charge in [-0.05, 0) is 121 Å². The summed E-state index contributed by atoms with van der Waals surface area (Å²) in [5, 5.41) is 7.96. The van der Waals surface area contributed by atoms with Crippen LogP contribution in [-0.2, 0) is 6.42 Å². The van der Waals surface area contributed by atoms with Crippen molar-refractivity contribution in [2.75, 3.05) is 0 Å². The molecule has 1 unspecified atom stereocenters. The normalized spacial score (nSPS) is 14.3. The molecule has 1 nitrogen and oxygen atoms in total. The van der Waals surface area contributed by atoms with Gasteiger partial charge in [0.15, 0.2) is 0 Å². The van der Waals surface area contributed by atoms with Crippen LogP contribution in [0.15, 0.2) is 192 Å². The molecule has 2 aliphatic rings. The van der Waals surface area contributed by atoms with E-state index in [1.807, 2.05) is 11.8 Å². The standard InChI is InChI=1S/C52H33NS/c1-2-14-36(15-3-1)53-47-22-9-8-18-40(47)45-28-33(25-27-48(45)53)34-24-26-41-46-30-35-29-44(38-20-10-13-32-12-4-5-16-37(32)38)39-17-6-7-19-42(39)51(35)43-21-11-23-49(52(43)46)54-50(41)31-34/h1-28,30-31,44H,29H2. The minimum Gasteiger partial charge on any atom is -0.309 e. The number of benzene rings is 9. The van der Waals surface area contributed by atoms with E-state index in [1.54, 1.807) is 0 Å². The lowest BCUT2D eigenvalue weighted by atomic mass is 9.72. The zero-order valence-electron chi connectivity index (χ0n) is 29.5. The first kappa shape index (κ1) is 30.1. The van der Waals surface area contributed by atoms with Crippen molar-refractivity contribution in [2.45, 2.75) is 22.1 Å². The molecular formula is C52H33NS. The largest absolute Gasteiger partial charge is 0.309 e. The molecule has 0 saturated heterocycles. The number of hydrogen-bond donors (Lipinski definition) is 0. The summed E-state index contributed by atoms with van der Waals surface area (Å²) in [5.41, 5.74) is 15.9. The van der Waals surface area contributed by atoms with Crippen molar-refractivity contribution in [3.63, 3.8) is 0 Å². The Hall–Kier alpha value is -6.35. The summed E-state index contributed by atoms with van der Waals surface area (Å²) in [4.78, 5) is 2.66. The minimum absolute atomic E-state index is 0.287. The molecule has 12 rings (SSSR count). The Morgan fingerprint density at radius 3 is 2.09 bits per heavy atom. The van der Waals surface area contributed by atoms with Crippen LogP contribution in [0.1, 0.15) is 22.6 Å². The minimum atomic E-state index is 0.287. The summed E-state index contributed by atoms with van der Waals surface area (Å²) < 4.78 is 2.39. The molecule has 0 N–H and O–H groups in total. The predicted octanol–water partition coefficient (Wildman–Crippen LogP) is 14.2. The molecule has 252 valence electrons. The molecule has 1 aliphatic heterocycles. The SMILES string of the molecule is c1ccc(-n2c3ccccc3c3cc(-c4ccc5c(c4)Sc4cccc6c7c(cc-5c46)CC(c4cccc5ccccc45)c4ccccc4-7)ccc32)cc1. The second kappa shape index (κ2) is 11.6. The number of rotatable bonds is 3.